The molecule has 0 unspecified atom stereocenters. The molecule has 1 N–H and O–H groups in total. The van der Waals surface area contributed by atoms with Gasteiger partial charge in [-0.25, -0.2) is 4.79 Å². The van der Waals surface area contributed by atoms with E-state index in [2.05, 4.69) is 10.5 Å². The third kappa shape index (κ3) is 1.55. The smallest absolute Gasteiger partial charge is 0.388 e. The van der Waals surface area contributed by atoms with Crippen LogP contribution in [0.25, 0.3) is 0 Å². The molecule has 0 aliphatic rings. The van der Waals surface area contributed by atoms with Crippen LogP contribution in [0.1, 0.15) is 11.3 Å². The molecule has 0 aromatic carbocycles. The van der Waals surface area contributed by atoms with Crippen LogP contribution in [0, 0.1) is 13.8 Å². The number of amides is 1. The van der Waals surface area contributed by atoms with Crippen LogP contribution < -0.4 is 10.1 Å². The predicted octanol–water partition coefficient (Wildman–Crippen LogP) is 1.01. The molecule has 1 amide bonds. The quantitative estimate of drug-likeness (QED) is 0.683. The molecule has 0 bridgehead atoms. The second-order valence-corrected chi connectivity index (χ2v) is 2.31. The molecule has 12 heavy (non-hydrogen) atoms. The van der Waals surface area contributed by atoms with Crippen molar-refractivity contribution in [1.82, 2.24) is 10.5 Å². The number of carbonyl (C=O) groups excluding carboxylic acids is 1. The summed E-state index contributed by atoms with van der Waals surface area (Å²) in [5.41, 5.74) is 0.735. The number of rotatable bonds is 1. The first-order valence-corrected chi connectivity index (χ1v) is 3.47. The Bertz CT molecular complexity index is 293. The maximum absolute atomic E-state index is 10.7. The van der Waals surface area contributed by atoms with E-state index in [9.17, 15) is 4.79 Å². The van der Waals surface area contributed by atoms with E-state index >= 15 is 0 Å². The van der Waals surface area contributed by atoms with Crippen LogP contribution in [0.15, 0.2) is 4.52 Å². The first-order valence-electron chi connectivity index (χ1n) is 3.47. The highest BCUT2D eigenvalue weighted by Gasteiger charge is 2.11. The Labute approximate surface area is 69.7 Å². The van der Waals surface area contributed by atoms with Gasteiger partial charge in [-0.15, -0.1) is 0 Å². The largest absolute Gasteiger partial charge is 0.413 e. The zero-order chi connectivity index (χ0) is 9.14. The van der Waals surface area contributed by atoms with Gasteiger partial charge in [-0.3, -0.25) is 0 Å². The lowest BCUT2D eigenvalue weighted by molar-refractivity contribution is 0.198. The molecular formula is C7H10N2O3. The summed E-state index contributed by atoms with van der Waals surface area (Å²) in [5.74, 6) is 0.862. The summed E-state index contributed by atoms with van der Waals surface area (Å²) in [5, 5.41) is 5.85. The molecule has 66 valence electrons. The zero-order valence-electron chi connectivity index (χ0n) is 7.17. The number of aryl methyl sites for hydroxylation is 1. The summed E-state index contributed by atoms with van der Waals surface area (Å²) in [6, 6.07) is 0. The van der Waals surface area contributed by atoms with Gasteiger partial charge in [0.15, 0.2) is 0 Å². The van der Waals surface area contributed by atoms with Crippen molar-refractivity contribution in [3.8, 4) is 5.88 Å². The van der Waals surface area contributed by atoms with E-state index in [0.29, 0.717) is 5.76 Å². The molecule has 1 heterocycles. The lowest BCUT2D eigenvalue weighted by Crippen LogP contribution is -2.22. The lowest BCUT2D eigenvalue weighted by atomic mass is 10.3. The number of carbonyl (C=O) groups is 1. The molecule has 0 saturated carbocycles. The van der Waals surface area contributed by atoms with Crippen LogP contribution in [-0.2, 0) is 0 Å². The summed E-state index contributed by atoms with van der Waals surface area (Å²) in [6.07, 6.45) is -0.550. The average Bonchev–Trinajstić information content (AvgIpc) is 2.36. The van der Waals surface area contributed by atoms with Crippen molar-refractivity contribution in [3.05, 3.63) is 11.3 Å². The number of hydrogen-bond acceptors (Lipinski definition) is 4. The second kappa shape index (κ2) is 3.25. The van der Waals surface area contributed by atoms with Gasteiger partial charge in [-0.2, -0.15) is 0 Å². The highest BCUT2D eigenvalue weighted by atomic mass is 16.6. The first-order chi connectivity index (χ1) is 5.65. The monoisotopic (exact) mass is 170 g/mol. The fourth-order valence-corrected chi connectivity index (χ4v) is 0.631. The Morgan fingerprint density at radius 2 is 2.25 bits per heavy atom. The summed E-state index contributed by atoms with van der Waals surface area (Å²) < 4.78 is 9.55. The van der Waals surface area contributed by atoms with Crippen LogP contribution >= 0.6 is 0 Å². The minimum Gasteiger partial charge on any atom is -0.388 e. The van der Waals surface area contributed by atoms with Crippen molar-refractivity contribution in [2.45, 2.75) is 13.8 Å². The van der Waals surface area contributed by atoms with E-state index in [4.69, 9.17) is 9.26 Å². The second-order valence-electron chi connectivity index (χ2n) is 2.31. The van der Waals surface area contributed by atoms with E-state index in [-0.39, 0.29) is 5.88 Å². The molecule has 5 nitrogen and oxygen atoms in total. The van der Waals surface area contributed by atoms with Gasteiger partial charge in [0.05, 0.1) is 5.56 Å². The van der Waals surface area contributed by atoms with Gasteiger partial charge in [-0.1, -0.05) is 0 Å². The summed E-state index contributed by atoms with van der Waals surface area (Å²) in [4.78, 5) is 10.7. The van der Waals surface area contributed by atoms with Gasteiger partial charge in [-0.05, 0) is 19.0 Å². The topological polar surface area (TPSA) is 64.4 Å². The summed E-state index contributed by atoms with van der Waals surface area (Å²) >= 11 is 0. The molecule has 0 aliphatic heterocycles. The van der Waals surface area contributed by atoms with E-state index in [1.807, 2.05) is 0 Å². The van der Waals surface area contributed by atoms with Gasteiger partial charge < -0.3 is 14.6 Å². The van der Waals surface area contributed by atoms with Crippen molar-refractivity contribution in [2.75, 3.05) is 7.05 Å². The Morgan fingerprint density at radius 3 is 2.67 bits per heavy atom. The number of nitrogens with one attached hydrogen (secondary N) is 1. The normalized spacial score (nSPS) is 9.58. The minimum atomic E-state index is -0.550. The van der Waals surface area contributed by atoms with Crippen LogP contribution in [0.3, 0.4) is 0 Å². The third-order valence-electron chi connectivity index (χ3n) is 1.51. The average molecular weight is 170 g/mol. The summed E-state index contributed by atoms with van der Waals surface area (Å²) in [7, 11) is 1.48. The molecule has 0 saturated heterocycles. The van der Waals surface area contributed by atoms with Crippen LogP contribution in [0.2, 0.25) is 0 Å². The van der Waals surface area contributed by atoms with Crippen LogP contribution in [-0.4, -0.2) is 18.3 Å². The number of aromatic nitrogens is 1. The number of hydrogen-bond donors (Lipinski definition) is 1. The molecule has 0 fully saturated rings. The molecule has 0 radical (unpaired) electrons. The van der Waals surface area contributed by atoms with Crippen molar-refractivity contribution in [2.24, 2.45) is 0 Å². The minimum absolute atomic E-state index is 0.215. The van der Waals surface area contributed by atoms with E-state index in [1.165, 1.54) is 7.05 Å². The SMILES string of the molecule is CNC(=O)Oc1noc(C)c1C. The van der Waals surface area contributed by atoms with Crippen molar-refractivity contribution >= 4 is 6.09 Å². The Kier molecular flexibility index (Phi) is 2.32. The number of ether oxygens (including phenoxy) is 1. The Morgan fingerprint density at radius 1 is 1.58 bits per heavy atom. The van der Waals surface area contributed by atoms with Gasteiger partial charge in [0.1, 0.15) is 5.76 Å². The van der Waals surface area contributed by atoms with E-state index in [0.717, 1.165) is 5.56 Å². The maximum Gasteiger partial charge on any atom is 0.413 e. The van der Waals surface area contributed by atoms with Crippen LogP contribution in [0.4, 0.5) is 4.79 Å². The molecule has 0 spiro atoms. The van der Waals surface area contributed by atoms with Gasteiger partial charge in [0.2, 0.25) is 0 Å². The Balaban J connectivity index is 2.76. The van der Waals surface area contributed by atoms with E-state index < -0.39 is 6.09 Å². The molecular weight excluding hydrogens is 160 g/mol. The van der Waals surface area contributed by atoms with Crippen LogP contribution in [0.5, 0.6) is 5.88 Å². The van der Waals surface area contributed by atoms with Gasteiger partial charge >= 0.3 is 6.09 Å². The molecule has 1 aromatic rings. The highest BCUT2D eigenvalue weighted by Crippen LogP contribution is 2.18. The molecule has 0 aliphatic carbocycles. The van der Waals surface area contributed by atoms with Crippen molar-refractivity contribution < 1.29 is 14.1 Å². The number of nitrogens with zero attached hydrogens (tertiary/aromatic N) is 1. The van der Waals surface area contributed by atoms with E-state index in [1.54, 1.807) is 13.8 Å². The predicted molar refractivity (Wildman–Crippen MR) is 41.1 cm³/mol. The van der Waals surface area contributed by atoms with Crippen molar-refractivity contribution in [1.29, 1.82) is 0 Å². The van der Waals surface area contributed by atoms with Gasteiger partial charge in [0, 0.05) is 7.05 Å². The lowest BCUT2D eigenvalue weighted by Gasteiger charge is -1.97. The highest BCUT2D eigenvalue weighted by molar-refractivity contribution is 5.69. The molecule has 1 aromatic heterocycles. The third-order valence-corrected chi connectivity index (χ3v) is 1.51. The molecule has 5 heteroatoms. The van der Waals surface area contributed by atoms with Crippen molar-refractivity contribution in [3.63, 3.8) is 0 Å². The summed E-state index contributed by atoms with van der Waals surface area (Å²) in [6.45, 7) is 3.52. The Hall–Kier alpha value is -1.52. The van der Waals surface area contributed by atoms with Gasteiger partial charge in [0.25, 0.3) is 5.88 Å². The fourth-order valence-electron chi connectivity index (χ4n) is 0.631. The maximum atomic E-state index is 10.7. The first kappa shape index (κ1) is 8.58. The standard InChI is InChI=1S/C7H10N2O3/c1-4-5(2)12-9-6(4)11-7(10)8-3/h1-3H3,(H,8,10). The molecule has 1 rings (SSSR count). The molecule has 0 atom stereocenters. The fraction of sp³-hybridized carbons (Fsp3) is 0.429. The zero-order valence-corrected chi connectivity index (χ0v) is 7.17.